The van der Waals surface area contributed by atoms with Crippen LogP contribution < -0.4 is 10.1 Å². The lowest BCUT2D eigenvalue weighted by atomic mass is 9.65. The van der Waals surface area contributed by atoms with Crippen LogP contribution in [0.5, 0.6) is 5.88 Å². The van der Waals surface area contributed by atoms with E-state index in [0.717, 1.165) is 26.2 Å². The van der Waals surface area contributed by atoms with Crippen molar-refractivity contribution >= 4 is 5.95 Å². The number of hydrogen-bond donors (Lipinski definition) is 2. The lowest BCUT2D eigenvalue weighted by molar-refractivity contribution is -0.0295. The molecule has 0 aromatic carbocycles. The molecule has 3 rings (SSSR count). The molecule has 0 spiro atoms. The van der Waals surface area contributed by atoms with Gasteiger partial charge in [0.2, 0.25) is 11.8 Å². The number of halogens is 2. The first-order valence-corrected chi connectivity index (χ1v) is 10.6. The standard InChI is InChI=1S/C22H28F2N6O2/c1-21(2)16(5-4-6-18(21)31)7-17-14(8-25)10-27-20(30-17)28-11-15-9-26-13-29-19(15)32-12-22(3,23)24/h9-10,13,16,18,31H,4-7,11-12H2,1-3H3,(H,27,28,30)/t16-,18-/m1/s1. The predicted molar refractivity (Wildman–Crippen MR) is 113 cm³/mol. The Morgan fingerprint density at radius 2 is 2.09 bits per heavy atom. The first-order chi connectivity index (χ1) is 15.1. The van der Waals surface area contributed by atoms with Crippen LogP contribution in [0.1, 0.15) is 56.9 Å². The van der Waals surface area contributed by atoms with E-state index < -0.39 is 18.6 Å². The molecule has 0 aliphatic heterocycles. The molecule has 1 saturated carbocycles. The van der Waals surface area contributed by atoms with Crippen LogP contribution in [0.15, 0.2) is 18.7 Å². The maximum Gasteiger partial charge on any atom is 0.278 e. The van der Waals surface area contributed by atoms with Crippen molar-refractivity contribution in [3.8, 4) is 11.9 Å². The summed E-state index contributed by atoms with van der Waals surface area (Å²) in [6, 6.07) is 2.14. The number of aliphatic hydroxyl groups excluding tert-OH is 1. The number of anilines is 1. The van der Waals surface area contributed by atoms with Gasteiger partial charge in [0, 0.05) is 19.7 Å². The Balaban J connectivity index is 1.74. The third kappa shape index (κ3) is 5.85. The van der Waals surface area contributed by atoms with Crippen molar-refractivity contribution in [1.82, 2.24) is 19.9 Å². The predicted octanol–water partition coefficient (Wildman–Crippen LogP) is 3.51. The monoisotopic (exact) mass is 446 g/mol. The van der Waals surface area contributed by atoms with E-state index in [0.29, 0.717) is 29.2 Å². The summed E-state index contributed by atoms with van der Waals surface area (Å²) in [6.07, 6.45) is 6.98. The first-order valence-electron chi connectivity index (χ1n) is 10.6. The van der Waals surface area contributed by atoms with E-state index in [1.165, 1.54) is 18.7 Å². The molecule has 0 amide bonds. The quantitative estimate of drug-likeness (QED) is 0.633. The second-order valence-corrected chi connectivity index (χ2v) is 8.90. The molecule has 2 atom stereocenters. The van der Waals surface area contributed by atoms with Crippen molar-refractivity contribution in [1.29, 1.82) is 5.26 Å². The lowest BCUT2D eigenvalue weighted by Gasteiger charge is -2.42. The molecular formula is C22H28F2N6O2. The highest BCUT2D eigenvalue weighted by molar-refractivity contribution is 5.38. The number of nitrogens with one attached hydrogen (secondary N) is 1. The van der Waals surface area contributed by atoms with E-state index in [2.05, 4.69) is 31.3 Å². The van der Waals surface area contributed by atoms with E-state index in [9.17, 15) is 19.1 Å². The third-order valence-corrected chi connectivity index (χ3v) is 6.02. The van der Waals surface area contributed by atoms with Crippen molar-refractivity contribution in [3.05, 3.63) is 35.5 Å². The van der Waals surface area contributed by atoms with Gasteiger partial charge >= 0.3 is 0 Å². The minimum absolute atomic E-state index is 0.0563. The van der Waals surface area contributed by atoms with Gasteiger partial charge in [0.15, 0.2) is 6.61 Å². The molecule has 32 heavy (non-hydrogen) atoms. The molecule has 0 radical (unpaired) electrons. The maximum absolute atomic E-state index is 13.1. The minimum atomic E-state index is -2.98. The highest BCUT2D eigenvalue weighted by atomic mass is 19.3. The Kier molecular flexibility index (Phi) is 7.19. The van der Waals surface area contributed by atoms with E-state index in [1.54, 1.807) is 0 Å². The number of ether oxygens (including phenoxy) is 1. The molecule has 2 aromatic rings. The van der Waals surface area contributed by atoms with Gasteiger partial charge in [-0.1, -0.05) is 20.3 Å². The molecule has 2 heterocycles. The maximum atomic E-state index is 13.1. The largest absolute Gasteiger partial charge is 0.471 e. The molecule has 10 heteroatoms. The number of aliphatic hydroxyl groups is 1. The van der Waals surface area contributed by atoms with Crippen LogP contribution in [-0.4, -0.2) is 43.7 Å². The van der Waals surface area contributed by atoms with E-state index in [4.69, 9.17) is 4.74 Å². The summed E-state index contributed by atoms with van der Waals surface area (Å²) in [5, 5.41) is 22.9. The average molecular weight is 447 g/mol. The smallest absolute Gasteiger partial charge is 0.278 e. The van der Waals surface area contributed by atoms with Crippen molar-refractivity contribution in [2.24, 2.45) is 11.3 Å². The van der Waals surface area contributed by atoms with E-state index in [1.807, 2.05) is 13.8 Å². The van der Waals surface area contributed by atoms with Crippen LogP contribution in [-0.2, 0) is 13.0 Å². The Morgan fingerprint density at radius 3 is 2.81 bits per heavy atom. The third-order valence-electron chi connectivity index (χ3n) is 6.02. The zero-order valence-corrected chi connectivity index (χ0v) is 18.5. The number of rotatable bonds is 8. The van der Waals surface area contributed by atoms with Gasteiger partial charge < -0.3 is 15.2 Å². The molecule has 1 aliphatic carbocycles. The van der Waals surface area contributed by atoms with Crippen molar-refractivity contribution < 1.29 is 18.6 Å². The summed E-state index contributed by atoms with van der Waals surface area (Å²) in [6.45, 7) is 4.22. The Morgan fingerprint density at radius 1 is 1.31 bits per heavy atom. The summed E-state index contributed by atoms with van der Waals surface area (Å²) < 4.78 is 31.4. The first kappa shape index (κ1) is 23.7. The van der Waals surface area contributed by atoms with Crippen LogP contribution in [0.2, 0.25) is 0 Å². The second-order valence-electron chi connectivity index (χ2n) is 8.90. The number of alkyl halides is 2. The van der Waals surface area contributed by atoms with Crippen molar-refractivity contribution in [2.75, 3.05) is 11.9 Å². The topological polar surface area (TPSA) is 117 Å². The Labute approximate surface area is 186 Å². The molecule has 8 nitrogen and oxygen atoms in total. The molecular weight excluding hydrogens is 418 g/mol. The second kappa shape index (κ2) is 9.69. The van der Waals surface area contributed by atoms with Crippen LogP contribution in [0.4, 0.5) is 14.7 Å². The fraction of sp³-hybridized carbons (Fsp3) is 0.591. The van der Waals surface area contributed by atoms with Crippen molar-refractivity contribution in [2.45, 2.75) is 65.0 Å². The fourth-order valence-corrected chi connectivity index (χ4v) is 3.89. The number of hydrogen-bond acceptors (Lipinski definition) is 8. The van der Waals surface area contributed by atoms with Crippen LogP contribution in [0, 0.1) is 22.7 Å². The van der Waals surface area contributed by atoms with Gasteiger partial charge in [0.25, 0.3) is 5.92 Å². The molecule has 2 N–H and O–H groups in total. The zero-order valence-electron chi connectivity index (χ0n) is 18.5. The summed E-state index contributed by atoms with van der Waals surface area (Å²) in [4.78, 5) is 16.6. The van der Waals surface area contributed by atoms with Gasteiger partial charge in [0.1, 0.15) is 12.4 Å². The highest BCUT2D eigenvalue weighted by Crippen LogP contribution is 2.42. The van der Waals surface area contributed by atoms with Gasteiger partial charge in [-0.15, -0.1) is 0 Å². The SMILES string of the molecule is CC(F)(F)COc1ncncc1CNc1ncc(C#N)c(C[C@H]2CCC[C@@H](O)C2(C)C)n1. The normalized spacial score (nSPS) is 20.4. The molecule has 1 fully saturated rings. The van der Waals surface area contributed by atoms with Crippen LogP contribution in [0.25, 0.3) is 0 Å². The Hall–Kier alpha value is -2.93. The number of nitriles is 1. The fourth-order valence-electron chi connectivity index (χ4n) is 3.89. The summed E-state index contributed by atoms with van der Waals surface area (Å²) in [5.74, 6) is -2.45. The van der Waals surface area contributed by atoms with Crippen molar-refractivity contribution in [3.63, 3.8) is 0 Å². The summed E-state index contributed by atoms with van der Waals surface area (Å²) in [7, 11) is 0. The molecule has 172 valence electrons. The summed E-state index contributed by atoms with van der Waals surface area (Å²) >= 11 is 0. The van der Waals surface area contributed by atoms with Gasteiger partial charge in [-0.3, -0.25) is 0 Å². The lowest BCUT2D eigenvalue weighted by Crippen LogP contribution is -2.41. The Bertz CT molecular complexity index is 974. The number of nitrogens with zero attached hydrogens (tertiary/aromatic N) is 5. The minimum Gasteiger partial charge on any atom is -0.471 e. The summed E-state index contributed by atoms with van der Waals surface area (Å²) in [5.41, 5.74) is 1.20. The number of aromatic nitrogens is 4. The van der Waals surface area contributed by atoms with Gasteiger partial charge in [-0.05, 0) is 30.6 Å². The molecule has 0 saturated heterocycles. The van der Waals surface area contributed by atoms with Gasteiger partial charge in [0.05, 0.1) is 29.1 Å². The van der Waals surface area contributed by atoms with Gasteiger partial charge in [-0.25, -0.2) is 28.7 Å². The molecule has 0 unspecified atom stereocenters. The zero-order chi connectivity index (χ0) is 23.4. The van der Waals surface area contributed by atoms with E-state index in [-0.39, 0.29) is 23.8 Å². The average Bonchev–Trinajstić information content (AvgIpc) is 2.74. The molecule has 1 aliphatic rings. The highest BCUT2D eigenvalue weighted by Gasteiger charge is 2.39. The molecule has 2 aromatic heterocycles. The van der Waals surface area contributed by atoms with Crippen LogP contribution in [0.3, 0.4) is 0 Å². The van der Waals surface area contributed by atoms with Gasteiger partial charge in [-0.2, -0.15) is 5.26 Å². The van der Waals surface area contributed by atoms with Crippen LogP contribution >= 0.6 is 0 Å². The molecule has 0 bridgehead atoms. The van der Waals surface area contributed by atoms with E-state index >= 15 is 0 Å².